The zero-order valence-corrected chi connectivity index (χ0v) is 13.6. The number of aliphatic hydroxyl groups is 1. The van der Waals surface area contributed by atoms with Crippen LogP contribution in [0.4, 0.5) is 10.6 Å². The number of β-amino-alcohol motifs (C(OH)–C–C–N with tert-alkyl or cyclic N) is 1. The maximum absolute atomic E-state index is 11.0. The van der Waals surface area contributed by atoms with Crippen molar-refractivity contribution in [3.63, 3.8) is 0 Å². The third-order valence-electron chi connectivity index (χ3n) is 3.54. The number of aryl methyl sites for hydroxylation is 2. The number of amides is 1. The SMILES string of the molecule is CCc1nc(N[C@@H]2CN(C(=O)O)C[C@H]2O)c(CC)nc1Br. The lowest BCUT2D eigenvalue weighted by atomic mass is 10.2. The molecule has 1 aromatic rings. The molecule has 2 atom stereocenters. The standard InChI is InChI=1S/C13H19BrN4O3/c1-3-7-11(14)15-8(4-2)12(16-7)17-9-5-18(13(20)21)6-10(9)19/h9-10,19H,3-6H2,1-2H3,(H,16,17)(H,20,21)/t9-,10-/m1/s1. The molecule has 0 aliphatic carbocycles. The molecule has 1 fully saturated rings. The van der Waals surface area contributed by atoms with Crippen molar-refractivity contribution in [2.24, 2.45) is 0 Å². The van der Waals surface area contributed by atoms with E-state index in [1.165, 1.54) is 4.90 Å². The van der Waals surface area contributed by atoms with Gasteiger partial charge in [0.2, 0.25) is 0 Å². The Balaban J connectivity index is 2.21. The van der Waals surface area contributed by atoms with E-state index in [0.717, 1.165) is 22.4 Å². The summed E-state index contributed by atoms with van der Waals surface area (Å²) in [5.74, 6) is 0.619. The molecule has 1 aliphatic rings. The summed E-state index contributed by atoms with van der Waals surface area (Å²) in [6.07, 6.45) is -0.337. The fourth-order valence-corrected chi connectivity index (χ4v) is 2.91. The smallest absolute Gasteiger partial charge is 0.407 e. The van der Waals surface area contributed by atoms with Crippen molar-refractivity contribution in [3.05, 3.63) is 16.0 Å². The molecule has 7 nitrogen and oxygen atoms in total. The minimum atomic E-state index is -1.02. The van der Waals surface area contributed by atoms with Crippen LogP contribution < -0.4 is 5.32 Å². The van der Waals surface area contributed by atoms with Crippen LogP contribution in [0.25, 0.3) is 0 Å². The van der Waals surface area contributed by atoms with Crippen LogP contribution in [0.3, 0.4) is 0 Å². The summed E-state index contributed by atoms with van der Waals surface area (Å²) in [6.45, 7) is 4.31. The second kappa shape index (κ2) is 6.57. The molecule has 3 N–H and O–H groups in total. The summed E-state index contributed by atoms with van der Waals surface area (Å²) < 4.78 is 0.728. The quantitative estimate of drug-likeness (QED) is 0.754. The summed E-state index contributed by atoms with van der Waals surface area (Å²) in [6, 6.07) is -0.369. The second-order valence-electron chi connectivity index (χ2n) is 4.97. The van der Waals surface area contributed by atoms with E-state index in [2.05, 4.69) is 31.2 Å². The van der Waals surface area contributed by atoms with Crippen LogP contribution >= 0.6 is 15.9 Å². The van der Waals surface area contributed by atoms with Crippen LogP contribution in [-0.2, 0) is 12.8 Å². The molecule has 21 heavy (non-hydrogen) atoms. The van der Waals surface area contributed by atoms with Gasteiger partial charge < -0.3 is 20.4 Å². The molecule has 0 saturated carbocycles. The molecule has 0 bridgehead atoms. The number of aliphatic hydroxyl groups excluding tert-OH is 1. The average Bonchev–Trinajstić information content (AvgIpc) is 2.82. The minimum absolute atomic E-state index is 0.110. The number of carboxylic acid groups (broad SMARTS) is 1. The Bertz CT molecular complexity index is 540. The maximum Gasteiger partial charge on any atom is 0.407 e. The predicted molar refractivity (Wildman–Crippen MR) is 81.5 cm³/mol. The Kier molecular flexibility index (Phi) is 5.00. The molecule has 0 spiro atoms. The van der Waals surface area contributed by atoms with E-state index in [4.69, 9.17) is 5.11 Å². The molecule has 116 valence electrons. The van der Waals surface area contributed by atoms with Gasteiger partial charge in [-0.25, -0.2) is 14.8 Å². The number of likely N-dealkylation sites (tertiary alicyclic amines) is 1. The molecule has 0 radical (unpaired) electrons. The van der Waals surface area contributed by atoms with Gasteiger partial charge in [-0.05, 0) is 28.8 Å². The largest absolute Gasteiger partial charge is 0.465 e. The van der Waals surface area contributed by atoms with Gasteiger partial charge in [0, 0.05) is 6.54 Å². The monoisotopic (exact) mass is 358 g/mol. The first kappa shape index (κ1) is 16.0. The number of anilines is 1. The van der Waals surface area contributed by atoms with Gasteiger partial charge in [0.1, 0.15) is 10.4 Å². The number of carbonyl (C=O) groups is 1. The highest BCUT2D eigenvalue weighted by Gasteiger charge is 2.34. The molecule has 0 aromatic carbocycles. The Hall–Kier alpha value is -1.41. The first-order valence-corrected chi connectivity index (χ1v) is 7.73. The molecule has 1 aliphatic heterocycles. The highest BCUT2D eigenvalue weighted by Crippen LogP contribution is 2.22. The number of halogens is 1. The normalized spacial score (nSPS) is 21.6. The van der Waals surface area contributed by atoms with E-state index >= 15 is 0 Å². The fraction of sp³-hybridized carbons (Fsp3) is 0.615. The lowest BCUT2D eigenvalue weighted by molar-refractivity contribution is 0.139. The van der Waals surface area contributed by atoms with Gasteiger partial charge >= 0.3 is 6.09 Å². The highest BCUT2D eigenvalue weighted by molar-refractivity contribution is 9.10. The molecular formula is C13H19BrN4O3. The summed E-state index contributed by atoms with van der Waals surface area (Å²) >= 11 is 3.40. The fourth-order valence-electron chi connectivity index (χ4n) is 2.33. The van der Waals surface area contributed by atoms with Crippen LogP contribution in [0.5, 0.6) is 0 Å². The van der Waals surface area contributed by atoms with Crippen molar-refractivity contribution < 1.29 is 15.0 Å². The molecule has 1 saturated heterocycles. The van der Waals surface area contributed by atoms with Crippen molar-refractivity contribution in [2.45, 2.75) is 38.8 Å². The zero-order valence-electron chi connectivity index (χ0n) is 12.0. The van der Waals surface area contributed by atoms with E-state index in [1.807, 2.05) is 13.8 Å². The molecule has 1 aromatic heterocycles. The molecular weight excluding hydrogens is 340 g/mol. The molecule has 2 heterocycles. The van der Waals surface area contributed by atoms with Gasteiger partial charge in [-0.1, -0.05) is 13.8 Å². The predicted octanol–water partition coefficient (Wildman–Crippen LogP) is 1.50. The molecule has 8 heteroatoms. The van der Waals surface area contributed by atoms with Crippen LogP contribution in [0.1, 0.15) is 25.2 Å². The summed E-state index contributed by atoms with van der Waals surface area (Å²) in [7, 11) is 0. The van der Waals surface area contributed by atoms with Crippen molar-refractivity contribution >= 4 is 27.8 Å². The van der Waals surface area contributed by atoms with E-state index in [1.54, 1.807) is 0 Å². The van der Waals surface area contributed by atoms with E-state index in [-0.39, 0.29) is 19.1 Å². The van der Waals surface area contributed by atoms with Crippen LogP contribution in [0.15, 0.2) is 4.60 Å². The lowest BCUT2D eigenvalue weighted by Crippen LogP contribution is -2.33. The Labute approximate surface area is 131 Å². The third-order valence-corrected chi connectivity index (χ3v) is 4.18. The van der Waals surface area contributed by atoms with Gasteiger partial charge in [0.25, 0.3) is 0 Å². The third kappa shape index (κ3) is 3.44. The molecule has 2 rings (SSSR count). The number of rotatable bonds is 4. The van der Waals surface area contributed by atoms with Gasteiger partial charge in [-0.3, -0.25) is 0 Å². The number of nitrogens with zero attached hydrogens (tertiary/aromatic N) is 3. The first-order chi connectivity index (χ1) is 9.96. The minimum Gasteiger partial charge on any atom is -0.465 e. The van der Waals surface area contributed by atoms with Crippen LogP contribution in [0, 0.1) is 0 Å². The number of hydrogen-bond acceptors (Lipinski definition) is 5. The van der Waals surface area contributed by atoms with E-state index in [0.29, 0.717) is 12.2 Å². The summed E-state index contributed by atoms with van der Waals surface area (Å²) in [5.41, 5.74) is 1.62. The van der Waals surface area contributed by atoms with E-state index < -0.39 is 12.2 Å². The van der Waals surface area contributed by atoms with Crippen LogP contribution in [-0.4, -0.2) is 56.4 Å². The number of aromatic nitrogens is 2. The lowest BCUT2D eigenvalue weighted by Gasteiger charge is -2.19. The highest BCUT2D eigenvalue weighted by atomic mass is 79.9. The van der Waals surface area contributed by atoms with Crippen molar-refractivity contribution in [3.8, 4) is 0 Å². The van der Waals surface area contributed by atoms with Crippen molar-refractivity contribution in [1.82, 2.24) is 14.9 Å². The maximum atomic E-state index is 11.0. The van der Waals surface area contributed by atoms with Gasteiger partial charge in [0.15, 0.2) is 0 Å². The summed E-state index contributed by atoms with van der Waals surface area (Å²) in [5, 5.41) is 22.1. The Morgan fingerprint density at radius 1 is 1.33 bits per heavy atom. The Morgan fingerprint density at radius 3 is 2.52 bits per heavy atom. The van der Waals surface area contributed by atoms with Crippen molar-refractivity contribution in [1.29, 1.82) is 0 Å². The summed E-state index contributed by atoms with van der Waals surface area (Å²) in [4.78, 5) is 21.2. The Morgan fingerprint density at radius 2 is 2.00 bits per heavy atom. The number of nitrogens with one attached hydrogen (secondary N) is 1. The molecule has 0 unspecified atom stereocenters. The van der Waals surface area contributed by atoms with Gasteiger partial charge in [-0.2, -0.15) is 0 Å². The topological polar surface area (TPSA) is 98.6 Å². The van der Waals surface area contributed by atoms with Crippen LogP contribution in [0.2, 0.25) is 0 Å². The second-order valence-corrected chi connectivity index (χ2v) is 5.72. The van der Waals surface area contributed by atoms with E-state index in [9.17, 15) is 9.90 Å². The number of hydrogen-bond donors (Lipinski definition) is 3. The average molecular weight is 359 g/mol. The van der Waals surface area contributed by atoms with Gasteiger partial charge in [0.05, 0.1) is 30.1 Å². The first-order valence-electron chi connectivity index (χ1n) is 6.94. The molecule has 1 amide bonds. The van der Waals surface area contributed by atoms with Crippen molar-refractivity contribution in [2.75, 3.05) is 18.4 Å². The zero-order chi connectivity index (χ0) is 15.6. The van der Waals surface area contributed by atoms with Gasteiger partial charge in [-0.15, -0.1) is 0 Å².